The second kappa shape index (κ2) is 6.70. The van der Waals surface area contributed by atoms with Crippen LogP contribution in [-0.2, 0) is 10.0 Å². The van der Waals surface area contributed by atoms with Gasteiger partial charge in [0.2, 0.25) is 10.0 Å². The molecule has 0 spiro atoms. The highest BCUT2D eigenvalue weighted by molar-refractivity contribution is 9.10. The van der Waals surface area contributed by atoms with Gasteiger partial charge in [-0.2, -0.15) is 4.31 Å². The Labute approximate surface area is 131 Å². The van der Waals surface area contributed by atoms with E-state index in [1.165, 1.54) is 0 Å². The van der Waals surface area contributed by atoms with Crippen molar-refractivity contribution >= 4 is 41.9 Å². The van der Waals surface area contributed by atoms with Crippen molar-refractivity contribution in [1.82, 2.24) is 4.31 Å². The zero-order valence-corrected chi connectivity index (χ0v) is 14.5. The SMILES string of the molecule is O=S(=O)(c1cccc(Br)c1)N1CCCC1CCCBr. The molecule has 0 saturated carbocycles. The van der Waals surface area contributed by atoms with E-state index in [0.29, 0.717) is 11.4 Å². The molecule has 1 atom stereocenters. The van der Waals surface area contributed by atoms with E-state index in [4.69, 9.17) is 0 Å². The average molecular weight is 411 g/mol. The molecule has 1 unspecified atom stereocenters. The van der Waals surface area contributed by atoms with Crippen molar-refractivity contribution in [3.05, 3.63) is 28.7 Å². The van der Waals surface area contributed by atoms with Crippen molar-refractivity contribution in [3.8, 4) is 0 Å². The lowest BCUT2D eigenvalue weighted by Gasteiger charge is -2.24. The summed E-state index contributed by atoms with van der Waals surface area (Å²) in [4.78, 5) is 0.382. The van der Waals surface area contributed by atoms with E-state index < -0.39 is 10.0 Å². The molecule has 0 aliphatic carbocycles. The van der Waals surface area contributed by atoms with Crippen LogP contribution in [0, 0.1) is 0 Å². The van der Waals surface area contributed by atoms with Crippen LogP contribution in [0.5, 0.6) is 0 Å². The maximum atomic E-state index is 12.7. The van der Waals surface area contributed by atoms with Gasteiger partial charge < -0.3 is 0 Å². The Bertz CT molecular complexity index is 533. The normalized spacial score (nSPS) is 20.8. The summed E-state index contributed by atoms with van der Waals surface area (Å²) in [5, 5.41) is 0.925. The Hall–Kier alpha value is 0.0900. The van der Waals surface area contributed by atoms with Gasteiger partial charge in [-0.3, -0.25) is 0 Å². The van der Waals surface area contributed by atoms with Crippen LogP contribution >= 0.6 is 31.9 Å². The number of sulfonamides is 1. The minimum absolute atomic E-state index is 0.154. The van der Waals surface area contributed by atoms with Crippen molar-refractivity contribution in [3.63, 3.8) is 0 Å². The van der Waals surface area contributed by atoms with Crippen LogP contribution in [0.25, 0.3) is 0 Å². The third-order valence-electron chi connectivity index (χ3n) is 3.40. The van der Waals surface area contributed by atoms with Gasteiger partial charge in [0.1, 0.15) is 0 Å². The molecular weight excluding hydrogens is 394 g/mol. The predicted octanol–water partition coefficient (Wildman–Crippen LogP) is 3.78. The molecule has 1 saturated heterocycles. The third kappa shape index (κ3) is 3.60. The van der Waals surface area contributed by atoms with Gasteiger partial charge in [-0.05, 0) is 43.9 Å². The summed E-state index contributed by atoms with van der Waals surface area (Å²) in [6, 6.07) is 7.10. The molecule has 1 heterocycles. The number of benzene rings is 1. The fraction of sp³-hybridized carbons (Fsp3) is 0.538. The Kier molecular flexibility index (Phi) is 5.45. The third-order valence-corrected chi connectivity index (χ3v) is 6.40. The summed E-state index contributed by atoms with van der Waals surface area (Å²) < 4.78 is 27.8. The zero-order valence-electron chi connectivity index (χ0n) is 10.6. The highest BCUT2D eigenvalue weighted by atomic mass is 79.9. The first-order valence-corrected chi connectivity index (χ1v) is 9.74. The standard InChI is InChI=1S/C13H17Br2NO2S/c14-8-2-5-12-6-3-9-16(12)19(17,18)13-7-1-4-11(15)10-13/h1,4,7,10,12H,2-3,5-6,8-9H2. The maximum Gasteiger partial charge on any atom is 0.243 e. The van der Waals surface area contributed by atoms with Crippen molar-refractivity contribution in [2.24, 2.45) is 0 Å². The number of halogens is 2. The molecule has 1 aromatic carbocycles. The zero-order chi connectivity index (χ0) is 13.9. The van der Waals surface area contributed by atoms with Gasteiger partial charge in [0.05, 0.1) is 4.90 Å². The average Bonchev–Trinajstić information content (AvgIpc) is 2.85. The molecule has 1 fully saturated rings. The van der Waals surface area contributed by atoms with Crippen LogP contribution < -0.4 is 0 Å². The molecule has 3 nitrogen and oxygen atoms in total. The number of hydrogen-bond acceptors (Lipinski definition) is 2. The van der Waals surface area contributed by atoms with E-state index in [2.05, 4.69) is 31.9 Å². The van der Waals surface area contributed by atoms with Crippen LogP contribution in [0.4, 0.5) is 0 Å². The second-order valence-electron chi connectivity index (χ2n) is 4.70. The van der Waals surface area contributed by atoms with E-state index in [0.717, 1.165) is 35.5 Å². The van der Waals surface area contributed by atoms with Crippen molar-refractivity contribution in [2.75, 3.05) is 11.9 Å². The van der Waals surface area contributed by atoms with Crippen LogP contribution in [0.1, 0.15) is 25.7 Å². The number of rotatable bonds is 5. The van der Waals surface area contributed by atoms with Crippen molar-refractivity contribution in [1.29, 1.82) is 0 Å². The fourth-order valence-corrected chi connectivity index (χ4v) is 5.13. The lowest BCUT2D eigenvalue weighted by Crippen LogP contribution is -2.35. The molecule has 2 rings (SSSR count). The lowest BCUT2D eigenvalue weighted by atomic mass is 10.1. The van der Waals surface area contributed by atoms with E-state index in [1.54, 1.807) is 22.5 Å². The minimum atomic E-state index is -3.35. The molecule has 19 heavy (non-hydrogen) atoms. The maximum absolute atomic E-state index is 12.7. The van der Waals surface area contributed by atoms with Crippen LogP contribution in [-0.4, -0.2) is 30.6 Å². The summed E-state index contributed by atoms with van der Waals surface area (Å²) in [7, 11) is -3.35. The molecule has 0 N–H and O–H groups in total. The van der Waals surface area contributed by atoms with Gasteiger partial charge >= 0.3 is 0 Å². The van der Waals surface area contributed by atoms with Crippen LogP contribution in [0.15, 0.2) is 33.6 Å². The molecule has 0 radical (unpaired) electrons. The number of hydrogen-bond donors (Lipinski definition) is 0. The summed E-state index contributed by atoms with van der Waals surface area (Å²) in [5.41, 5.74) is 0. The lowest BCUT2D eigenvalue weighted by molar-refractivity contribution is 0.369. The topological polar surface area (TPSA) is 37.4 Å². The van der Waals surface area contributed by atoms with E-state index >= 15 is 0 Å². The summed E-state index contributed by atoms with van der Waals surface area (Å²) in [6.07, 6.45) is 3.87. The minimum Gasteiger partial charge on any atom is -0.207 e. The quantitative estimate of drug-likeness (QED) is 0.692. The van der Waals surface area contributed by atoms with E-state index in [9.17, 15) is 8.42 Å². The van der Waals surface area contributed by atoms with Crippen molar-refractivity contribution < 1.29 is 8.42 Å². The first-order chi connectivity index (χ1) is 9.05. The molecular formula is C13H17Br2NO2S. The first-order valence-electron chi connectivity index (χ1n) is 6.39. The van der Waals surface area contributed by atoms with E-state index in [1.807, 2.05) is 6.07 Å². The van der Waals surface area contributed by atoms with Gasteiger partial charge in [-0.15, -0.1) is 0 Å². The Morgan fingerprint density at radius 2 is 2.16 bits per heavy atom. The largest absolute Gasteiger partial charge is 0.243 e. The predicted molar refractivity (Wildman–Crippen MR) is 84.1 cm³/mol. The molecule has 1 aliphatic heterocycles. The van der Waals surface area contributed by atoms with Crippen LogP contribution in [0.3, 0.4) is 0 Å². The fourth-order valence-electron chi connectivity index (χ4n) is 2.49. The highest BCUT2D eigenvalue weighted by Gasteiger charge is 2.34. The first kappa shape index (κ1) is 15.5. The Morgan fingerprint density at radius 3 is 2.84 bits per heavy atom. The Morgan fingerprint density at radius 1 is 1.37 bits per heavy atom. The summed E-state index contributed by atoms with van der Waals surface area (Å²) in [6.45, 7) is 0.641. The van der Waals surface area contributed by atoms with Crippen molar-refractivity contribution in [2.45, 2.75) is 36.6 Å². The molecule has 1 aliphatic rings. The molecule has 6 heteroatoms. The number of alkyl halides is 1. The summed E-state index contributed by atoms with van der Waals surface area (Å²) >= 11 is 6.74. The molecule has 0 aromatic heterocycles. The monoisotopic (exact) mass is 409 g/mol. The molecule has 1 aromatic rings. The van der Waals surface area contributed by atoms with Gasteiger partial charge in [-0.25, -0.2) is 8.42 Å². The van der Waals surface area contributed by atoms with Crippen LogP contribution in [0.2, 0.25) is 0 Å². The second-order valence-corrected chi connectivity index (χ2v) is 8.30. The van der Waals surface area contributed by atoms with Gasteiger partial charge in [0, 0.05) is 22.4 Å². The highest BCUT2D eigenvalue weighted by Crippen LogP contribution is 2.29. The van der Waals surface area contributed by atoms with Gasteiger partial charge in [-0.1, -0.05) is 37.9 Å². The smallest absolute Gasteiger partial charge is 0.207 e. The van der Waals surface area contributed by atoms with Gasteiger partial charge in [0.25, 0.3) is 0 Å². The summed E-state index contributed by atoms with van der Waals surface area (Å²) in [5.74, 6) is 0. The Balaban J connectivity index is 2.23. The molecule has 0 amide bonds. The van der Waals surface area contributed by atoms with E-state index in [-0.39, 0.29) is 6.04 Å². The van der Waals surface area contributed by atoms with Gasteiger partial charge in [0.15, 0.2) is 0 Å². The molecule has 106 valence electrons. The molecule has 0 bridgehead atoms. The number of nitrogens with zero attached hydrogens (tertiary/aromatic N) is 1.